The zero-order chi connectivity index (χ0) is 61.6. The van der Waals surface area contributed by atoms with Crippen molar-refractivity contribution < 1.29 is 51.5 Å². The molecule has 20 nitrogen and oxygen atoms in total. The quantitative estimate of drug-likeness (QED) is 0.0449. The first kappa shape index (κ1) is 60.7. The summed E-state index contributed by atoms with van der Waals surface area (Å²) in [5, 5.41) is 0. The third-order valence-electron chi connectivity index (χ3n) is 16.0. The summed E-state index contributed by atoms with van der Waals surface area (Å²) in [6.45, 7) is 2.42. The van der Waals surface area contributed by atoms with Crippen molar-refractivity contribution in [1.82, 2.24) is 24.1 Å². The van der Waals surface area contributed by atoms with Crippen LogP contribution in [0.2, 0.25) is 0 Å². The van der Waals surface area contributed by atoms with Gasteiger partial charge in [0, 0.05) is 42.6 Å². The first-order valence-electron chi connectivity index (χ1n) is 28.5. The number of rotatable bonds is 23. The van der Waals surface area contributed by atoms with E-state index >= 15 is 4.57 Å². The van der Waals surface area contributed by atoms with Crippen molar-refractivity contribution in [2.75, 3.05) is 41.7 Å². The van der Waals surface area contributed by atoms with Crippen LogP contribution in [0.4, 0.5) is 0 Å². The fourth-order valence-corrected chi connectivity index (χ4v) is 13.1. The maximum Gasteiger partial charge on any atom is 0.379 e. The topological polar surface area (TPSA) is 232 Å². The molecule has 0 bridgehead atoms. The monoisotopic (exact) mass is 1210 g/mol. The molecule has 7 atom stereocenters. The lowest BCUT2D eigenvalue weighted by Gasteiger charge is -2.39. The molecule has 21 heteroatoms. The molecule has 88 heavy (non-hydrogen) atoms. The van der Waals surface area contributed by atoms with Crippen molar-refractivity contribution >= 4 is 13.0 Å². The van der Waals surface area contributed by atoms with E-state index in [1.807, 2.05) is 158 Å². The number of pyridine rings is 1. The molecule has 2 N–H and O–H groups in total. The van der Waals surface area contributed by atoms with Crippen LogP contribution in [0.15, 0.2) is 214 Å². The maximum absolute atomic E-state index is 16.4. The van der Waals surface area contributed by atoms with E-state index in [9.17, 15) is 19.2 Å². The van der Waals surface area contributed by atoms with Crippen molar-refractivity contribution in [3.63, 3.8) is 0 Å². The predicted molar refractivity (Wildman–Crippen MR) is 327 cm³/mol. The fourth-order valence-electron chi connectivity index (χ4n) is 11.4. The van der Waals surface area contributed by atoms with Gasteiger partial charge < -0.3 is 42.4 Å². The SMILES string of the molecule is COc1ccc(C(OC[C@H]2O[C@@H](n3cc(C)c(=O)[nH]c3=O)C[C@@H]2OP(=O)(OC[C@H]2O[C@@H](n3cc(C)c(=O)[nH]c3=O)C[C@@H]2OC(c2ccccc2)(c2ccc(OC)cc2)c2ccc(OC)cc2)c2ccccn2)(c2ccccc2)c2ccc(OC)cc2)cc1. The van der Waals surface area contributed by atoms with Gasteiger partial charge in [-0.25, -0.2) is 14.6 Å². The van der Waals surface area contributed by atoms with Gasteiger partial charge in [0.1, 0.15) is 65.0 Å². The summed E-state index contributed by atoms with van der Waals surface area (Å²) >= 11 is 0. The van der Waals surface area contributed by atoms with E-state index in [0.29, 0.717) is 45.3 Å². The molecule has 11 rings (SSSR count). The van der Waals surface area contributed by atoms with Crippen molar-refractivity contribution in [1.29, 1.82) is 0 Å². The molecule has 6 aromatic carbocycles. The molecule has 454 valence electrons. The molecule has 2 aliphatic rings. The molecule has 0 spiro atoms. The Kier molecular flexibility index (Phi) is 18.0. The van der Waals surface area contributed by atoms with Crippen molar-refractivity contribution in [3.05, 3.63) is 281 Å². The summed E-state index contributed by atoms with van der Waals surface area (Å²) in [7, 11) is 1.64. The predicted octanol–water partition coefficient (Wildman–Crippen LogP) is 9.01. The molecular weight excluding hydrogens is 1150 g/mol. The van der Waals surface area contributed by atoms with Gasteiger partial charge in [-0.05, 0) is 108 Å². The standard InChI is InChI=1S/C67H66N5O15P/c1-43-39-71(64(75)69-62(43)73)60-37-55(86-67(46-17-11-8-12-18-46,49-24-32-53(80-5)33-25-49)50-26-34-54(81-6)35-27-50)58(85-60)42-83-88(77,59-19-13-14-36-68-59)87-56-38-61(72-40-44(2)63(74)70-65(72)76)84-57(56)41-82-66(45-15-9-7-10-16-45,47-20-28-51(78-3)29-21-47)48-22-30-52(79-4)31-23-48/h7-36,39-40,55-58,60-61H,37-38,41-42H2,1-6H3,(H,69,73,75)(H,70,74,76)/t55-,56-,57+,58+,60+,61+,88?/m0/s1. The summed E-state index contributed by atoms with van der Waals surface area (Å²) in [4.78, 5) is 62.4. The van der Waals surface area contributed by atoms with Gasteiger partial charge in [-0.15, -0.1) is 0 Å². The highest BCUT2D eigenvalue weighted by atomic mass is 31.2. The molecule has 2 fully saturated rings. The zero-order valence-electron chi connectivity index (χ0n) is 49.2. The first-order chi connectivity index (χ1) is 42.7. The number of methoxy groups -OCH3 is 4. The molecule has 9 aromatic rings. The van der Waals surface area contributed by atoms with Crippen LogP contribution in [0.1, 0.15) is 69.8 Å². The summed E-state index contributed by atoms with van der Waals surface area (Å²) in [5.74, 6) is 2.44. The van der Waals surface area contributed by atoms with Crippen LogP contribution >= 0.6 is 7.60 Å². The fraction of sp³-hybridized carbons (Fsp3) is 0.269. The third-order valence-corrected chi connectivity index (χ3v) is 17.9. The number of aryl methyl sites for hydroxylation is 2. The minimum Gasteiger partial charge on any atom is -0.497 e. The van der Waals surface area contributed by atoms with Crippen LogP contribution in [-0.4, -0.2) is 90.2 Å². The van der Waals surface area contributed by atoms with E-state index in [4.69, 9.17) is 46.9 Å². The number of nitrogens with zero attached hydrogens (tertiary/aromatic N) is 3. The van der Waals surface area contributed by atoms with Crippen molar-refractivity contribution in [3.8, 4) is 23.0 Å². The molecule has 3 aromatic heterocycles. The van der Waals surface area contributed by atoms with Crippen LogP contribution in [0, 0.1) is 13.8 Å². The van der Waals surface area contributed by atoms with Gasteiger partial charge in [0.2, 0.25) is 0 Å². The first-order valence-corrected chi connectivity index (χ1v) is 30.0. The van der Waals surface area contributed by atoms with E-state index in [-0.39, 0.29) is 36.0 Å². The Morgan fingerprint density at radius 2 is 0.886 bits per heavy atom. The van der Waals surface area contributed by atoms with E-state index in [1.165, 1.54) is 33.8 Å². The van der Waals surface area contributed by atoms with Gasteiger partial charge >= 0.3 is 19.0 Å². The summed E-state index contributed by atoms with van der Waals surface area (Å²) < 4.78 is 83.7. The normalized spacial score (nSPS) is 19.2. The van der Waals surface area contributed by atoms with E-state index in [0.717, 1.165) is 11.1 Å². The minimum absolute atomic E-state index is 0.0194. The lowest BCUT2D eigenvalue weighted by Crippen LogP contribution is -2.41. The summed E-state index contributed by atoms with van der Waals surface area (Å²) in [5.41, 5.74) is -0.642. The van der Waals surface area contributed by atoms with Gasteiger partial charge in [-0.2, -0.15) is 0 Å². The van der Waals surface area contributed by atoms with Gasteiger partial charge in [0.05, 0.1) is 47.8 Å². The van der Waals surface area contributed by atoms with Crippen LogP contribution in [-0.2, 0) is 43.8 Å². The second-order valence-electron chi connectivity index (χ2n) is 21.3. The van der Waals surface area contributed by atoms with E-state index in [2.05, 4.69) is 15.0 Å². The van der Waals surface area contributed by atoms with Gasteiger partial charge in [0.15, 0.2) is 5.44 Å². The number of aromatic amines is 2. The number of hydrogen-bond donors (Lipinski definition) is 2. The van der Waals surface area contributed by atoms with Crippen LogP contribution in [0.3, 0.4) is 0 Å². The highest BCUT2D eigenvalue weighted by Crippen LogP contribution is 2.53. The minimum atomic E-state index is -4.70. The van der Waals surface area contributed by atoms with Crippen molar-refractivity contribution in [2.45, 2.75) is 74.8 Å². The molecule has 2 aliphatic heterocycles. The molecule has 0 radical (unpaired) electrons. The lowest BCUT2D eigenvalue weighted by molar-refractivity contribution is -0.101. The second-order valence-corrected chi connectivity index (χ2v) is 23.2. The molecular formula is C67H66N5O15P. The summed E-state index contributed by atoms with van der Waals surface area (Å²) in [6, 6.07) is 54.0. The van der Waals surface area contributed by atoms with E-state index < -0.39 is 84.8 Å². The summed E-state index contributed by atoms with van der Waals surface area (Å²) in [6.07, 6.45) is -2.34. The Morgan fingerprint density at radius 1 is 0.500 bits per heavy atom. The molecule has 0 amide bonds. The zero-order valence-corrected chi connectivity index (χ0v) is 50.1. The Bertz CT molecular complexity index is 4030. The van der Waals surface area contributed by atoms with Crippen LogP contribution in [0.25, 0.3) is 0 Å². The average molecular weight is 1210 g/mol. The largest absolute Gasteiger partial charge is 0.497 e. The Balaban J connectivity index is 1.01. The highest BCUT2D eigenvalue weighted by molar-refractivity contribution is 7.61. The van der Waals surface area contributed by atoms with Crippen LogP contribution < -0.4 is 46.9 Å². The Morgan fingerprint density at radius 3 is 1.31 bits per heavy atom. The van der Waals surface area contributed by atoms with Gasteiger partial charge in [0.25, 0.3) is 11.1 Å². The van der Waals surface area contributed by atoms with Gasteiger partial charge in [-0.3, -0.25) is 37.8 Å². The van der Waals surface area contributed by atoms with E-state index in [1.54, 1.807) is 54.4 Å². The smallest absolute Gasteiger partial charge is 0.379 e. The second kappa shape index (κ2) is 26.2. The van der Waals surface area contributed by atoms with Crippen molar-refractivity contribution in [2.24, 2.45) is 0 Å². The number of hydrogen-bond acceptors (Lipinski definition) is 16. The molecule has 5 heterocycles. The Labute approximate surface area is 506 Å². The number of ether oxygens (including phenoxy) is 8. The third kappa shape index (κ3) is 12.2. The maximum atomic E-state index is 16.4. The lowest BCUT2D eigenvalue weighted by atomic mass is 9.79. The van der Waals surface area contributed by atoms with Gasteiger partial charge in [-0.1, -0.05) is 115 Å². The number of aromatic nitrogens is 5. The number of H-pyrrole nitrogens is 2. The molecule has 0 aliphatic carbocycles. The number of nitrogens with one attached hydrogen (secondary N) is 2. The van der Waals surface area contributed by atoms with Crippen LogP contribution in [0.5, 0.6) is 23.0 Å². The number of benzene rings is 6. The molecule has 0 saturated carbocycles. The average Bonchev–Trinajstić information content (AvgIpc) is 1.40. The Hall–Kier alpha value is -8.98. The highest BCUT2D eigenvalue weighted by Gasteiger charge is 2.50. The molecule has 2 saturated heterocycles. The molecule has 1 unspecified atom stereocenters.